The lowest BCUT2D eigenvalue weighted by Gasteiger charge is -2.54. The molecule has 0 unspecified atom stereocenters. The van der Waals surface area contributed by atoms with Crippen LogP contribution in [0.4, 0.5) is 4.39 Å². The summed E-state index contributed by atoms with van der Waals surface area (Å²) in [5.41, 5.74) is 1.18. The van der Waals surface area contributed by atoms with Gasteiger partial charge < -0.3 is 19.1 Å². The van der Waals surface area contributed by atoms with Gasteiger partial charge in [-0.05, 0) is 49.4 Å². The molecule has 0 amide bonds. The summed E-state index contributed by atoms with van der Waals surface area (Å²) >= 11 is 5.83. The number of carbonyl (C=O) groups is 1. The number of hydrogen-bond donors (Lipinski definition) is 1. The summed E-state index contributed by atoms with van der Waals surface area (Å²) in [4.78, 5) is 29.4. The number of ketones is 1. The maximum atomic E-state index is 14.5. The Bertz CT molecular complexity index is 1440. The lowest BCUT2D eigenvalue weighted by molar-refractivity contribution is -0.0273. The molecule has 7 nitrogen and oxygen atoms in total. The van der Waals surface area contributed by atoms with Gasteiger partial charge in [0.2, 0.25) is 5.43 Å². The third-order valence-electron chi connectivity index (χ3n) is 7.79. The first-order valence-corrected chi connectivity index (χ1v) is 13.4. The van der Waals surface area contributed by atoms with E-state index < -0.39 is 17.0 Å². The van der Waals surface area contributed by atoms with Crippen LogP contribution in [0, 0.1) is 11.7 Å². The largest absolute Gasteiger partial charge is 0.506 e. The zero-order valence-electron chi connectivity index (χ0n) is 22.1. The quantitative estimate of drug-likeness (QED) is 0.377. The molecule has 0 bridgehead atoms. The number of pyridine rings is 1. The van der Waals surface area contributed by atoms with Gasteiger partial charge in [0.25, 0.3) is 0 Å². The zero-order valence-corrected chi connectivity index (χ0v) is 22.8. The topological polar surface area (TPSA) is 81.0 Å². The molecule has 2 aliphatic rings. The Balaban J connectivity index is 1.51. The van der Waals surface area contributed by atoms with Gasteiger partial charge >= 0.3 is 0 Å². The van der Waals surface area contributed by atoms with E-state index in [1.54, 1.807) is 13.3 Å². The number of benzene rings is 2. The minimum absolute atomic E-state index is 0.0335. The number of ether oxygens (including phenoxy) is 2. The highest BCUT2D eigenvalue weighted by Gasteiger charge is 2.49. The predicted molar refractivity (Wildman–Crippen MR) is 146 cm³/mol. The molecule has 206 valence electrons. The number of fused-ring (bicyclic) bond motifs is 2. The molecule has 5 rings (SSSR count). The van der Waals surface area contributed by atoms with Gasteiger partial charge in [-0.2, -0.15) is 0 Å². The summed E-state index contributed by atoms with van der Waals surface area (Å²) in [6, 6.07) is 12.3. The summed E-state index contributed by atoms with van der Waals surface area (Å²) in [7, 11) is 3.72. The summed E-state index contributed by atoms with van der Waals surface area (Å²) in [6.07, 6.45) is 3.36. The minimum Gasteiger partial charge on any atom is -0.506 e. The molecule has 1 aliphatic carbocycles. The van der Waals surface area contributed by atoms with E-state index in [0.717, 1.165) is 30.6 Å². The van der Waals surface area contributed by atoms with Crippen molar-refractivity contribution in [2.75, 3.05) is 27.3 Å². The SMILES string of the molecule is COCC1CC2(C1)CN(C)Cc1c(OCc3ccccc3)c(=O)c(C(=O)CCc3ccc(O)c(Cl)c3F)cn12. The minimum atomic E-state index is -0.765. The first kappa shape index (κ1) is 27.4. The zero-order chi connectivity index (χ0) is 27.7. The average molecular weight is 555 g/mol. The Morgan fingerprint density at radius 3 is 2.67 bits per heavy atom. The van der Waals surface area contributed by atoms with Gasteiger partial charge in [-0.3, -0.25) is 14.5 Å². The van der Waals surface area contributed by atoms with E-state index in [1.807, 2.05) is 37.4 Å². The highest BCUT2D eigenvalue weighted by molar-refractivity contribution is 6.32. The third kappa shape index (κ3) is 5.33. The van der Waals surface area contributed by atoms with E-state index in [-0.39, 0.29) is 52.6 Å². The molecule has 1 N–H and O–H groups in total. The number of aromatic nitrogens is 1. The summed E-state index contributed by atoms with van der Waals surface area (Å²) < 4.78 is 28.2. The molecule has 2 aromatic carbocycles. The molecule has 1 fully saturated rings. The Morgan fingerprint density at radius 1 is 1.21 bits per heavy atom. The van der Waals surface area contributed by atoms with Crippen molar-refractivity contribution < 1.29 is 23.8 Å². The van der Waals surface area contributed by atoms with Gasteiger partial charge in [-0.25, -0.2) is 4.39 Å². The van der Waals surface area contributed by atoms with Crippen LogP contribution in [0.5, 0.6) is 11.5 Å². The number of phenols is 1. The van der Waals surface area contributed by atoms with Gasteiger partial charge in [0.1, 0.15) is 23.2 Å². The average Bonchev–Trinajstić information content (AvgIpc) is 2.90. The van der Waals surface area contributed by atoms with E-state index >= 15 is 0 Å². The molecule has 9 heteroatoms. The molecule has 0 saturated heterocycles. The molecule has 2 heterocycles. The van der Waals surface area contributed by atoms with E-state index in [9.17, 15) is 19.1 Å². The van der Waals surface area contributed by atoms with Crippen LogP contribution in [0.3, 0.4) is 0 Å². The summed E-state index contributed by atoms with van der Waals surface area (Å²) in [6.45, 7) is 2.15. The van der Waals surface area contributed by atoms with Gasteiger partial charge in [-0.1, -0.05) is 48.0 Å². The Kier molecular flexibility index (Phi) is 7.80. The fourth-order valence-electron chi connectivity index (χ4n) is 6.02. The molecule has 0 atom stereocenters. The highest BCUT2D eigenvalue weighted by Crippen LogP contribution is 2.48. The van der Waals surface area contributed by atoms with Crippen molar-refractivity contribution in [1.82, 2.24) is 9.47 Å². The number of halogens is 2. The van der Waals surface area contributed by atoms with E-state index in [1.165, 1.54) is 12.1 Å². The number of phenolic OH excluding ortho intramolecular Hbond substituents is 1. The van der Waals surface area contributed by atoms with E-state index in [2.05, 4.69) is 9.47 Å². The number of likely N-dealkylation sites (N-methyl/N-ethyl adjacent to an activating group) is 1. The van der Waals surface area contributed by atoms with Crippen LogP contribution in [0.25, 0.3) is 0 Å². The van der Waals surface area contributed by atoms with Crippen LogP contribution in [0.1, 0.15) is 46.4 Å². The van der Waals surface area contributed by atoms with Gasteiger partial charge in [-0.15, -0.1) is 0 Å². The highest BCUT2D eigenvalue weighted by atomic mass is 35.5. The Labute approximate surface area is 231 Å². The number of rotatable bonds is 9. The summed E-state index contributed by atoms with van der Waals surface area (Å²) in [5, 5.41) is 9.25. The van der Waals surface area contributed by atoms with Crippen LogP contribution < -0.4 is 10.2 Å². The second kappa shape index (κ2) is 11.1. The van der Waals surface area contributed by atoms with Crippen molar-refractivity contribution in [2.45, 2.75) is 44.4 Å². The van der Waals surface area contributed by atoms with Crippen molar-refractivity contribution >= 4 is 17.4 Å². The lowest BCUT2D eigenvalue weighted by Crippen LogP contribution is -2.58. The van der Waals surface area contributed by atoms with Crippen LogP contribution in [0.15, 0.2) is 53.5 Å². The van der Waals surface area contributed by atoms with Crippen LogP contribution >= 0.6 is 11.6 Å². The fourth-order valence-corrected chi connectivity index (χ4v) is 6.20. The van der Waals surface area contributed by atoms with Gasteiger partial charge in [0.05, 0.1) is 16.8 Å². The second-order valence-corrected chi connectivity index (χ2v) is 11.1. The number of aryl methyl sites for hydroxylation is 1. The van der Waals surface area contributed by atoms with Crippen molar-refractivity contribution in [3.63, 3.8) is 0 Å². The molecule has 1 aromatic heterocycles. The number of nitrogens with zero attached hydrogens (tertiary/aromatic N) is 2. The molecular formula is C30H32ClFN2O5. The standard InChI is InChI=1S/C30H32ClFN2O5/c1-33-15-23-29(39-17-19-6-4-3-5-7-19)28(37)22(14-34(23)30(18-33)12-20(13-30)16-38-2)24(35)10-8-21-9-11-25(36)26(31)27(21)32/h3-7,9,11,14,20,36H,8,10,12-13,15-18H2,1-2H3. The third-order valence-corrected chi connectivity index (χ3v) is 8.15. The van der Waals surface area contributed by atoms with Crippen LogP contribution in [0.2, 0.25) is 5.02 Å². The maximum Gasteiger partial charge on any atom is 0.234 e. The Hall–Kier alpha value is -3.20. The number of carbonyl (C=O) groups excluding carboxylic acids is 1. The van der Waals surface area contributed by atoms with Gasteiger partial charge in [0, 0.05) is 39.4 Å². The molecule has 39 heavy (non-hydrogen) atoms. The number of hydrogen-bond acceptors (Lipinski definition) is 6. The van der Waals surface area contributed by atoms with Crippen LogP contribution in [-0.4, -0.2) is 47.7 Å². The van der Waals surface area contributed by atoms with Crippen molar-refractivity contribution in [3.8, 4) is 11.5 Å². The summed E-state index contributed by atoms with van der Waals surface area (Å²) in [5.74, 6) is -0.946. The molecule has 0 radical (unpaired) electrons. The van der Waals surface area contributed by atoms with Crippen molar-refractivity contribution in [2.24, 2.45) is 5.92 Å². The van der Waals surface area contributed by atoms with Gasteiger partial charge in [0.15, 0.2) is 11.5 Å². The first-order valence-electron chi connectivity index (χ1n) is 13.0. The number of Topliss-reactive ketones (excluding diaryl/α,β-unsaturated/α-hetero) is 1. The molecule has 3 aromatic rings. The molecule has 1 saturated carbocycles. The lowest BCUT2D eigenvalue weighted by atomic mass is 9.67. The van der Waals surface area contributed by atoms with Crippen molar-refractivity contribution in [1.29, 1.82) is 0 Å². The van der Waals surface area contributed by atoms with E-state index in [0.29, 0.717) is 19.1 Å². The van der Waals surface area contributed by atoms with Crippen molar-refractivity contribution in [3.05, 3.63) is 92.1 Å². The number of methoxy groups -OCH3 is 1. The molecule has 1 spiro atoms. The molecular weight excluding hydrogens is 523 g/mol. The predicted octanol–water partition coefficient (Wildman–Crippen LogP) is 4.94. The Morgan fingerprint density at radius 2 is 1.95 bits per heavy atom. The number of aromatic hydroxyl groups is 1. The first-order chi connectivity index (χ1) is 18.7. The smallest absolute Gasteiger partial charge is 0.234 e. The fraction of sp³-hybridized carbons (Fsp3) is 0.400. The maximum absolute atomic E-state index is 14.5. The van der Waals surface area contributed by atoms with E-state index in [4.69, 9.17) is 21.1 Å². The molecule has 1 aliphatic heterocycles. The normalized spacial score (nSPS) is 20.5. The monoisotopic (exact) mass is 554 g/mol. The second-order valence-electron chi connectivity index (χ2n) is 10.7. The van der Waals surface area contributed by atoms with Crippen LogP contribution in [-0.2, 0) is 29.8 Å².